The zero-order chi connectivity index (χ0) is 15.6. The van der Waals surface area contributed by atoms with Gasteiger partial charge in [0, 0.05) is 18.6 Å². The topological polar surface area (TPSA) is 70.6 Å². The number of amides is 2. The van der Waals surface area contributed by atoms with Crippen molar-refractivity contribution in [3.8, 4) is 0 Å². The van der Waals surface area contributed by atoms with E-state index in [0.717, 1.165) is 37.9 Å². The van der Waals surface area contributed by atoms with Crippen LogP contribution in [-0.4, -0.2) is 36.4 Å². The third kappa shape index (κ3) is 3.45. The van der Waals surface area contributed by atoms with Gasteiger partial charge in [-0.3, -0.25) is 0 Å². The predicted octanol–water partition coefficient (Wildman–Crippen LogP) is 2.21. The van der Waals surface area contributed by atoms with E-state index in [1.165, 1.54) is 11.3 Å². The van der Waals surface area contributed by atoms with E-state index in [-0.39, 0.29) is 18.6 Å². The average Bonchev–Trinajstić information content (AvgIpc) is 3.17. The molecule has 3 N–H and O–H groups in total. The first-order valence-corrected chi connectivity index (χ1v) is 8.91. The minimum atomic E-state index is -1.04. The van der Waals surface area contributed by atoms with Gasteiger partial charge in [0.25, 0.3) is 0 Å². The summed E-state index contributed by atoms with van der Waals surface area (Å²) in [7, 11) is 0. The number of hydrogen-bond donors (Lipinski definition) is 3. The maximum absolute atomic E-state index is 12.1. The summed E-state index contributed by atoms with van der Waals surface area (Å²) in [5.74, 6) is 0.442. The molecule has 122 valence electrons. The van der Waals surface area contributed by atoms with Crippen LogP contribution in [0.2, 0.25) is 0 Å². The van der Waals surface area contributed by atoms with Crippen molar-refractivity contribution >= 4 is 17.4 Å². The molecule has 0 radical (unpaired) electrons. The highest BCUT2D eigenvalue weighted by atomic mass is 32.1. The molecule has 3 rings (SSSR count). The van der Waals surface area contributed by atoms with Gasteiger partial charge in [0.1, 0.15) is 5.60 Å². The molecule has 4 atom stereocenters. The number of thiophene rings is 1. The first kappa shape index (κ1) is 15.8. The molecule has 5 nitrogen and oxygen atoms in total. The van der Waals surface area contributed by atoms with Gasteiger partial charge in [-0.25, -0.2) is 4.79 Å². The second-order valence-electron chi connectivity index (χ2n) is 6.51. The van der Waals surface area contributed by atoms with Crippen LogP contribution < -0.4 is 10.6 Å². The summed E-state index contributed by atoms with van der Waals surface area (Å²) in [4.78, 5) is 12.1. The van der Waals surface area contributed by atoms with Crippen molar-refractivity contribution in [3.05, 3.63) is 22.4 Å². The lowest BCUT2D eigenvalue weighted by Gasteiger charge is -2.33. The molecular weight excluding hydrogens is 300 g/mol. The van der Waals surface area contributed by atoms with Gasteiger partial charge in [-0.05, 0) is 55.0 Å². The quantitative estimate of drug-likeness (QED) is 0.795. The zero-order valence-electron chi connectivity index (χ0n) is 12.9. The van der Waals surface area contributed by atoms with Crippen LogP contribution in [-0.2, 0) is 10.3 Å². The van der Waals surface area contributed by atoms with Crippen LogP contribution in [0.25, 0.3) is 0 Å². The number of carbonyl (C=O) groups excluding carboxylic acids is 1. The van der Waals surface area contributed by atoms with Crippen molar-refractivity contribution in [1.29, 1.82) is 0 Å². The summed E-state index contributed by atoms with van der Waals surface area (Å²) in [5, 5.41) is 20.1. The Balaban J connectivity index is 1.50. The van der Waals surface area contributed by atoms with E-state index in [1.54, 1.807) is 6.92 Å². The largest absolute Gasteiger partial charge is 0.384 e. The Morgan fingerprint density at radius 2 is 2.36 bits per heavy atom. The van der Waals surface area contributed by atoms with Gasteiger partial charge in [0.05, 0.1) is 12.6 Å². The summed E-state index contributed by atoms with van der Waals surface area (Å²) in [6, 6.07) is 1.87. The predicted molar refractivity (Wildman–Crippen MR) is 85.9 cm³/mol. The minimum Gasteiger partial charge on any atom is -0.384 e. The van der Waals surface area contributed by atoms with Crippen LogP contribution in [0.15, 0.2) is 16.8 Å². The maximum atomic E-state index is 12.1. The Morgan fingerprint density at radius 1 is 1.50 bits per heavy atom. The number of urea groups is 1. The Labute approximate surface area is 135 Å². The lowest BCUT2D eigenvalue weighted by molar-refractivity contribution is 0.0519. The Hall–Kier alpha value is -1.11. The molecule has 6 heteroatoms. The summed E-state index contributed by atoms with van der Waals surface area (Å²) in [6.07, 6.45) is 4.56. The molecule has 0 aromatic carbocycles. The van der Waals surface area contributed by atoms with Gasteiger partial charge in [-0.2, -0.15) is 11.3 Å². The SMILES string of the molecule is CC(O)(CNC(=O)NC1CCCC2OCCC12)c1ccsc1. The Kier molecular flexibility index (Phi) is 4.70. The monoisotopic (exact) mass is 324 g/mol. The van der Waals surface area contributed by atoms with Crippen molar-refractivity contribution in [2.45, 2.75) is 50.4 Å². The van der Waals surface area contributed by atoms with E-state index in [0.29, 0.717) is 12.0 Å². The lowest BCUT2D eigenvalue weighted by Crippen LogP contribution is -2.51. The summed E-state index contributed by atoms with van der Waals surface area (Å²) in [6.45, 7) is 2.73. The summed E-state index contributed by atoms with van der Waals surface area (Å²) in [5.41, 5.74) is -0.206. The number of ether oxygens (including phenoxy) is 1. The van der Waals surface area contributed by atoms with Crippen LogP contribution in [0.5, 0.6) is 0 Å². The molecule has 2 fully saturated rings. The van der Waals surface area contributed by atoms with Crippen molar-refractivity contribution in [1.82, 2.24) is 10.6 Å². The first-order chi connectivity index (χ1) is 10.6. The first-order valence-electron chi connectivity index (χ1n) is 7.97. The van der Waals surface area contributed by atoms with E-state index in [4.69, 9.17) is 4.74 Å². The third-order valence-corrected chi connectivity index (χ3v) is 5.52. The van der Waals surface area contributed by atoms with Crippen LogP contribution >= 0.6 is 11.3 Å². The molecule has 4 unspecified atom stereocenters. The van der Waals surface area contributed by atoms with E-state index in [9.17, 15) is 9.90 Å². The Bertz CT molecular complexity index is 503. The van der Waals surface area contributed by atoms with Crippen LogP contribution in [0.3, 0.4) is 0 Å². The fourth-order valence-corrected chi connectivity index (χ4v) is 4.28. The molecule has 22 heavy (non-hydrogen) atoms. The number of hydrogen-bond acceptors (Lipinski definition) is 4. The molecule has 1 aliphatic heterocycles. The van der Waals surface area contributed by atoms with Crippen LogP contribution in [0.4, 0.5) is 4.79 Å². The van der Waals surface area contributed by atoms with Crippen LogP contribution in [0.1, 0.15) is 38.2 Å². The van der Waals surface area contributed by atoms with E-state index < -0.39 is 5.60 Å². The number of fused-ring (bicyclic) bond motifs is 1. The number of carbonyl (C=O) groups is 1. The van der Waals surface area contributed by atoms with Gasteiger partial charge in [-0.15, -0.1) is 0 Å². The highest BCUT2D eigenvalue weighted by Crippen LogP contribution is 2.34. The summed E-state index contributed by atoms with van der Waals surface area (Å²) < 4.78 is 5.72. The Morgan fingerprint density at radius 3 is 3.14 bits per heavy atom. The molecule has 2 aliphatic rings. The summed E-state index contributed by atoms with van der Waals surface area (Å²) >= 11 is 1.54. The fraction of sp³-hybridized carbons (Fsp3) is 0.688. The third-order valence-electron chi connectivity index (χ3n) is 4.83. The molecule has 2 amide bonds. The number of nitrogens with one attached hydrogen (secondary N) is 2. The fourth-order valence-electron chi connectivity index (χ4n) is 3.50. The number of rotatable bonds is 4. The lowest BCUT2D eigenvalue weighted by atomic mass is 9.82. The van der Waals surface area contributed by atoms with Gasteiger partial charge in [-0.1, -0.05) is 0 Å². The van der Waals surface area contributed by atoms with E-state index >= 15 is 0 Å². The van der Waals surface area contributed by atoms with E-state index in [1.807, 2.05) is 16.8 Å². The highest BCUT2D eigenvalue weighted by molar-refractivity contribution is 7.08. The highest BCUT2D eigenvalue weighted by Gasteiger charge is 2.38. The van der Waals surface area contributed by atoms with Gasteiger partial charge < -0.3 is 20.5 Å². The van der Waals surface area contributed by atoms with Crippen molar-refractivity contribution in [2.75, 3.05) is 13.2 Å². The minimum absolute atomic E-state index is 0.187. The zero-order valence-corrected chi connectivity index (χ0v) is 13.7. The van der Waals surface area contributed by atoms with Gasteiger partial charge in [0.15, 0.2) is 0 Å². The van der Waals surface area contributed by atoms with Crippen molar-refractivity contribution in [2.24, 2.45) is 5.92 Å². The number of aliphatic hydroxyl groups is 1. The smallest absolute Gasteiger partial charge is 0.315 e. The second kappa shape index (κ2) is 6.56. The normalized spacial score (nSPS) is 30.4. The molecular formula is C16H24N2O3S. The molecule has 1 aromatic rings. The second-order valence-corrected chi connectivity index (χ2v) is 7.29. The van der Waals surface area contributed by atoms with Crippen molar-refractivity contribution in [3.63, 3.8) is 0 Å². The standard InChI is InChI=1S/C16H24N2O3S/c1-16(20,11-6-8-22-9-11)10-17-15(19)18-13-3-2-4-14-12(13)5-7-21-14/h6,8-9,12-14,20H,2-5,7,10H2,1H3,(H2,17,18,19). The van der Waals surface area contributed by atoms with Gasteiger partial charge in [0.2, 0.25) is 0 Å². The molecule has 1 aliphatic carbocycles. The average molecular weight is 324 g/mol. The molecule has 0 spiro atoms. The molecule has 1 saturated heterocycles. The van der Waals surface area contributed by atoms with Crippen molar-refractivity contribution < 1.29 is 14.6 Å². The maximum Gasteiger partial charge on any atom is 0.315 e. The van der Waals surface area contributed by atoms with Gasteiger partial charge >= 0.3 is 6.03 Å². The molecule has 0 bridgehead atoms. The molecule has 2 heterocycles. The van der Waals surface area contributed by atoms with E-state index in [2.05, 4.69) is 10.6 Å². The van der Waals surface area contributed by atoms with Crippen LogP contribution in [0, 0.1) is 5.92 Å². The molecule has 1 aromatic heterocycles. The molecule has 1 saturated carbocycles.